The van der Waals surface area contributed by atoms with E-state index in [0.29, 0.717) is 0 Å². The molecule has 150 valence electrons. The van der Waals surface area contributed by atoms with Gasteiger partial charge in [-0.2, -0.15) is 11.8 Å². The first-order valence-corrected chi connectivity index (χ1v) is 11.4. The van der Waals surface area contributed by atoms with Gasteiger partial charge in [-0.25, -0.2) is 0 Å². The Morgan fingerprint density at radius 2 is 1.85 bits per heavy atom. The molecule has 6 heteroatoms. The summed E-state index contributed by atoms with van der Waals surface area (Å²) in [5, 5.41) is 7.74. The van der Waals surface area contributed by atoms with E-state index in [4.69, 9.17) is 0 Å². The van der Waals surface area contributed by atoms with Crippen molar-refractivity contribution in [2.45, 2.75) is 38.1 Å². The van der Waals surface area contributed by atoms with Crippen LogP contribution in [-0.4, -0.2) is 73.1 Å². The Kier molecular flexibility index (Phi) is 8.30. The fraction of sp³-hybridized carbons (Fsp3) is 0.667. The average molecular weight is 390 g/mol. The van der Waals surface area contributed by atoms with E-state index in [1.54, 1.807) is 0 Å². The van der Waals surface area contributed by atoms with Crippen molar-refractivity contribution in [2.24, 2.45) is 4.99 Å². The number of hydrogen-bond acceptors (Lipinski definition) is 4. The number of rotatable bonds is 7. The number of aliphatic imine (C=N–C) groups is 1. The number of nitrogens with zero attached hydrogens (tertiary/aromatic N) is 3. The quantitative estimate of drug-likeness (QED) is 0.554. The summed E-state index contributed by atoms with van der Waals surface area (Å²) < 4.78 is 0. The van der Waals surface area contributed by atoms with Crippen LogP contribution in [-0.2, 0) is 13.1 Å². The van der Waals surface area contributed by atoms with Crippen molar-refractivity contribution < 1.29 is 0 Å². The number of guanidine groups is 1. The molecule has 0 aliphatic carbocycles. The van der Waals surface area contributed by atoms with Gasteiger partial charge in [0.15, 0.2) is 5.96 Å². The summed E-state index contributed by atoms with van der Waals surface area (Å²) in [4.78, 5) is 9.51. The van der Waals surface area contributed by atoms with Crippen LogP contribution in [0.25, 0.3) is 0 Å². The van der Waals surface area contributed by atoms with Gasteiger partial charge in [-0.3, -0.25) is 9.89 Å². The minimum Gasteiger partial charge on any atom is -0.355 e. The highest BCUT2D eigenvalue weighted by Crippen LogP contribution is 2.25. The normalized spacial score (nSPS) is 22.1. The third-order valence-corrected chi connectivity index (χ3v) is 7.01. The van der Waals surface area contributed by atoms with Gasteiger partial charge in [-0.1, -0.05) is 31.2 Å². The molecule has 0 radical (unpaired) electrons. The second-order valence-electron chi connectivity index (χ2n) is 7.42. The zero-order valence-corrected chi connectivity index (χ0v) is 17.7. The van der Waals surface area contributed by atoms with Crippen molar-refractivity contribution in [1.82, 2.24) is 20.4 Å². The number of benzene rings is 1. The van der Waals surface area contributed by atoms with Gasteiger partial charge in [-0.15, -0.1) is 0 Å². The summed E-state index contributed by atoms with van der Waals surface area (Å²) in [5.41, 5.74) is 2.80. The smallest absolute Gasteiger partial charge is 0.191 e. The van der Waals surface area contributed by atoms with Gasteiger partial charge < -0.3 is 15.5 Å². The first-order chi connectivity index (χ1) is 13.3. The predicted octanol–water partition coefficient (Wildman–Crippen LogP) is 2.38. The van der Waals surface area contributed by atoms with Gasteiger partial charge in [0.25, 0.3) is 0 Å². The van der Waals surface area contributed by atoms with Gasteiger partial charge in [-0.05, 0) is 36.3 Å². The predicted molar refractivity (Wildman–Crippen MR) is 118 cm³/mol. The van der Waals surface area contributed by atoms with Crippen molar-refractivity contribution in [1.29, 1.82) is 0 Å². The summed E-state index contributed by atoms with van der Waals surface area (Å²) in [6.07, 6.45) is 2.67. The Morgan fingerprint density at radius 3 is 2.52 bits per heavy atom. The lowest BCUT2D eigenvalue weighted by Crippen LogP contribution is -2.45. The lowest BCUT2D eigenvalue weighted by molar-refractivity contribution is 0.131. The fourth-order valence-electron chi connectivity index (χ4n) is 3.80. The molecule has 0 spiro atoms. The molecule has 2 aliphatic heterocycles. The summed E-state index contributed by atoms with van der Waals surface area (Å²) in [6, 6.07) is 8.81. The first kappa shape index (κ1) is 20.5. The Morgan fingerprint density at radius 1 is 1.11 bits per heavy atom. The summed E-state index contributed by atoms with van der Waals surface area (Å²) in [5.74, 6) is 2.21. The van der Waals surface area contributed by atoms with Gasteiger partial charge in [0, 0.05) is 58.1 Å². The molecule has 5 nitrogen and oxygen atoms in total. The summed E-state index contributed by atoms with van der Waals surface area (Å²) in [6.45, 7) is 11.0. The summed E-state index contributed by atoms with van der Waals surface area (Å²) >= 11 is 2.08. The molecule has 1 aromatic rings. The highest BCUT2D eigenvalue weighted by Gasteiger charge is 2.17. The van der Waals surface area contributed by atoms with E-state index >= 15 is 0 Å². The molecular formula is C21H35N5S. The van der Waals surface area contributed by atoms with Crippen LogP contribution in [0.5, 0.6) is 0 Å². The maximum atomic E-state index is 4.40. The Bertz CT molecular complexity index is 592. The van der Waals surface area contributed by atoms with Crippen molar-refractivity contribution in [3.8, 4) is 0 Å². The highest BCUT2D eigenvalue weighted by molar-refractivity contribution is 8.00. The van der Waals surface area contributed by atoms with Crippen LogP contribution in [0.2, 0.25) is 0 Å². The number of nitrogens with one attached hydrogen (secondary N) is 2. The molecule has 0 amide bonds. The molecular weight excluding hydrogens is 354 g/mol. The molecule has 3 rings (SSSR count). The van der Waals surface area contributed by atoms with Gasteiger partial charge >= 0.3 is 0 Å². The molecule has 27 heavy (non-hydrogen) atoms. The molecule has 0 bridgehead atoms. The number of piperazine rings is 1. The first-order valence-electron chi connectivity index (χ1n) is 10.4. The molecule has 0 aromatic heterocycles. The SMILES string of the molecule is CCN1CCN(Cc2ccccc2CNC(=NC)NCC2CCCS2)CC1. The third-order valence-electron chi connectivity index (χ3n) is 5.62. The maximum absolute atomic E-state index is 4.40. The molecule has 2 fully saturated rings. The second-order valence-corrected chi connectivity index (χ2v) is 8.83. The number of hydrogen-bond donors (Lipinski definition) is 2. The zero-order chi connectivity index (χ0) is 18.9. The van der Waals surface area contributed by atoms with Crippen LogP contribution < -0.4 is 10.6 Å². The topological polar surface area (TPSA) is 42.9 Å². The minimum atomic E-state index is 0.734. The Hall–Kier alpha value is -1.24. The monoisotopic (exact) mass is 389 g/mol. The zero-order valence-electron chi connectivity index (χ0n) is 16.9. The van der Waals surface area contributed by atoms with E-state index in [1.165, 1.54) is 49.4 Å². The largest absolute Gasteiger partial charge is 0.355 e. The van der Waals surface area contributed by atoms with E-state index < -0.39 is 0 Å². The van der Waals surface area contributed by atoms with Crippen molar-refractivity contribution in [3.63, 3.8) is 0 Å². The molecule has 2 N–H and O–H groups in total. The van der Waals surface area contributed by atoms with Gasteiger partial charge in [0.05, 0.1) is 0 Å². The van der Waals surface area contributed by atoms with Crippen LogP contribution in [0.15, 0.2) is 29.3 Å². The van der Waals surface area contributed by atoms with Crippen LogP contribution in [0, 0.1) is 0 Å². The summed E-state index contributed by atoms with van der Waals surface area (Å²) in [7, 11) is 1.86. The van der Waals surface area contributed by atoms with Crippen LogP contribution >= 0.6 is 11.8 Å². The second kappa shape index (κ2) is 10.9. The lowest BCUT2D eigenvalue weighted by atomic mass is 10.1. The third kappa shape index (κ3) is 6.40. The number of thioether (sulfide) groups is 1. The van der Waals surface area contributed by atoms with E-state index in [2.05, 4.69) is 68.4 Å². The van der Waals surface area contributed by atoms with Crippen LogP contribution in [0.1, 0.15) is 30.9 Å². The molecule has 0 saturated carbocycles. The molecule has 2 heterocycles. The Labute approximate surface area is 169 Å². The van der Waals surface area contributed by atoms with E-state index in [-0.39, 0.29) is 0 Å². The van der Waals surface area contributed by atoms with E-state index in [9.17, 15) is 0 Å². The van der Waals surface area contributed by atoms with Crippen molar-refractivity contribution in [3.05, 3.63) is 35.4 Å². The molecule has 2 saturated heterocycles. The van der Waals surface area contributed by atoms with E-state index in [1.807, 2.05) is 7.05 Å². The fourth-order valence-corrected chi connectivity index (χ4v) is 5.01. The minimum absolute atomic E-state index is 0.734. The van der Waals surface area contributed by atoms with E-state index in [0.717, 1.165) is 43.9 Å². The van der Waals surface area contributed by atoms with Crippen molar-refractivity contribution >= 4 is 17.7 Å². The average Bonchev–Trinajstić information content (AvgIpc) is 3.23. The number of likely N-dealkylation sites (N-methyl/N-ethyl adjacent to an activating group) is 1. The molecule has 2 aliphatic rings. The van der Waals surface area contributed by atoms with Crippen molar-refractivity contribution in [2.75, 3.05) is 52.1 Å². The standard InChI is InChI=1S/C21H35N5S/c1-3-25-10-12-26(13-11-25)17-19-8-5-4-7-18(19)15-23-21(22-2)24-16-20-9-6-14-27-20/h4-5,7-8,20H,3,6,9-17H2,1-2H3,(H2,22,23,24). The Balaban J connectivity index is 1.49. The molecule has 1 aromatic carbocycles. The highest BCUT2D eigenvalue weighted by atomic mass is 32.2. The van der Waals surface area contributed by atoms with Crippen LogP contribution in [0.3, 0.4) is 0 Å². The lowest BCUT2D eigenvalue weighted by Gasteiger charge is -2.34. The van der Waals surface area contributed by atoms with Gasteiger partial charge in [0.1, 0.15) is 0 Å². The molecule has 1 atom stereocenters. The molecule has 1 unspecified atom stereocenters. The van der Waals surface area contributed by atoms with Crippen LogP contribution in [0.4, 0.5) is 0 Å². The maximum Gasteiger partial charge on any atom is 0.191 e. The van der Waals surface area contributed by atoms with Gasteiger partial charge in [0.2, 0.25) is 0 Å².